The molecule has 0 amide bonds. The summed E-state index contributed by atoms with van der Waals surface area (Å²) in [6.45, 7) is 6.24. The summed E-state index contributed by atoms with van der Waals surface area (Å²) in [5, 5.41) is 0.815. The van der Waals surface area contributed by atoms with E-state index in [2.05, 4.69) is 47.6 Å². The molecule has 1 aliphatic heterocycles. The molecule has 2 heterocycles. The molecule has 2 rings (SSSR count). The number of thioether (sulfide) groups is 1. The van der Waals surface area contributed by atoms with Crippen LogP contribution >= 0.6 is 23.1 Å². The Morgan fingerprint density at radius 3 is 3.17 bits per heavy atom. The molecule has 1 unspecified atom stereocenters. The minimum absolute atomic E-state index is 0.439. The maximum Gasteiger partial charge on any atom is 0.0772 e. The van der Waals surface area contributed by atoms with E-state index in [9.17, 15) is 0 Å². The first kappa shape index (κ1) is 14.0. The summed E-state index contributed by atoms with van der Waals surface area (Å²) in [7, 11) is 0. The van der Waals surface area contributed by atoms with Crippen molar-refractivity contribution in [2.75, 3.05) is 25.4 Å². The van der Waals surface area contributed by atoms with Gasteiger partial charge in [-0.05, 0) is 18.6 Å². The number of nitrogens with zero attached hydrogens (tertiary/aromatic N) is 1. The summed E-state index contributed by atoms with van der Waals surface area (Å²) in [6.07, 6.45) is 1.28. The van der Waals surface area contributed by atoms with Crippen LogP contribution in [0.25, 0.3) is 0 Å². The first-order valence-corrected chi connectivity index (χ1v) is 8.30. The molecule has 2 nitrogen and oxygen atoms in total. The summed E-state index contributed by atoms with van der Waals surface area (Å²) in [6, 6.07) is 4.31. The summed E-state index contributed by atoms with van der Waals surface area (Å²) < 4.78 is 0. The molecule has 0 radical (unpaired) electrons. The van der Waals surface area contributed by atoms with E-state index in [0.29, 0.717) is 6.54 Å². The summed E-state index contributed by atoms with van der Waals surface area (Å²) in [5.74, 6) is 7.28. The third kappa shape index (κ3) is 4.03. The van der Waals surface area contributed by atoms with Crippen LogP contribution in [0.2, 0.25) is 0 Å². The van der Waals surface area contributed by atoms with Gasteiger partial charge < -0.3 is 5.73 Å². The van der Waals surface area contributed by atoms with Gasteiger partial charge in [0.25, 0.3) is 0 Å². The van der Waals surface area contributed by atoms with Crippen molar-refractivity contribution in [3.8, 4) is 11.8 Å². The first-order chi connectivity index (χ1) is 8.81. The second-order valence-corrected chi connectivity index (χ2v) is 6.98. The van der Waals surface area contributed by atoms with Crippen molar-refractivity contribution in [1.29, 1.82) is 0 Å². The predicted molar refractivity (Wildman–Crippen MR) is 82.1 cm³/mol. The highest BCUT2D eigenvalue weighted by Crippen LogP contribution is 2.24. The second-order valence-electron chi connectivity index (χ2n) is 4.41. The van der Waals surface area contributed by atoms with Crippen LogP contribution in [-0.2, 0) is 6.54 Å². The SMILES string of the molecule is CCC1CN(Cc2ccc(C#CCN)s2)CCS1. The van der Waals surface area contributed by atoms with Crippen molar-refractivity contribution < 1.29 is 0 Å². The van der Waals surface area contributed by atoms with Crippen LogP contribution in [0, 0.1) is 11.8 Å². The van der Waals surface area contributed by atoms with E-state index in [-0.39, 0.29) is 0 Å². The zero-order valence-corrected chi connectivity index (χ0v) is 12.4. The van der Waals surface area contributed by atoms with Crippen LogP contribution in [0.1, 0.15) is 23.1 Å². The molecule has 18 heavy (non-hydrogen) atoms. The number of thiophene rings is 1. The maximum atomic E-state index is 5.38. The fourth-order valence-corrected chi connectivity index (χ4v) is 4.23. The number of hydrogen-bond donors (Lipinski definition) is 1. The van der Waals surface area contributed by atoms with Gasteiger partial charge in [-0.2, -0.15) is 11.8 Å². The molecular weight excluding hydrogens is 260 g/mol. The largest absolute Gasteiger partial charge is 0.320 e. The molecule has 1 atom stereocenters. The predicted octanol–water partition coefficient (Wildman–Crippen LogP) is 2.39. The Bertz CT molecular complexity index is 430. The quantitative estimate of drug-likeness (QED) is 0.862. The Hall–Kier alpha value is -0.470. The summed E-state index contributed by atoms with van der Waals surface area (Å²) in [4.78, 5) is 5.11. The highest BCUT2D eigenvalue weighted by molar-refractivity contribution is 8.00. The number of rotatable bonds is 3. The fraction of sp³-hybridized carbons (Fsp3) is 0.571. The van der Waals surface area contributed by atoms with E-state index >= 15 is 0 Å². The van der Waals surface area contributed by atoms with Gasteiger partial charge in [-0.3, -0.25) is 4.90 Å². The molecule has 1 saturated heterocycles. The lowest BCUT2D eigenvalue weighted by molar-refractivity contribution is 0.275. The van der Waals surface area contributed by atoms with Crippen LogP contribution in [0.15, 0.2) is 12.1 Å². The Morgan fingerprint density at radius 2 is 2.39 bits per heavy atom. The molecule has 0 aromatic carbocycles. The van der Waals surface area contributed by atoms with Gasteiger partial charge in [-0.15, -0.1) is 11.3 Å². The first-order valence-electron chi connectivity index (χ1n) is 6.43. The molecule has 0 aliphatic carbocycles. The number of hydrogen-bond acceptors (Lipinski definition) is 4. The molecule has 0 bridgehead atoms. The second kappa shape index (κ2) is 7.20. The molecule has 1 aromatic heterocycles. The highest BCUT2D eigenvalue weighted by Gasteiger charge is 2.19. The number of nitrogens with two attached hydrogens (primary N) is 1. The van der Waals surface area contributed by atoms with Gasteiger partial charge in [0.1, 0.15) is 0 Å². The van der Waals surface area contributed by atoms with E-state index in [1.54, 1.807) is 11.3 Å². The van der Waals surface area contributed by atoms with Crippen LogP contribution in [-0.4, -0.2) is 35.5 Å². The summed E-state index contributed by atoms with van der Waals surface area (Å²) >= 11 is 3.92. The molecule has 1 aromatic rings. The van der Waals surface area contributed by atoms with Crippen molar-refractivity contribution >= 4 is 23.1 Å². The van der Waals surface area contributed by atoms with Gasteiger partial charge in [-0.1, -0.05) is 18.8 Å². The lowest BCUT2D eigenvalue weighted by atomic mass is 10.3. The lowest BCUT2D eigenvalue weighted by Crippen LogP contribution is -2.36. The standard InChI is InChI=1S/C14H20N2S2/c1-2-12-10-16(8-9-17-12)11-14-6-5-13(18-14)4-3-7-15/h5-6,12H,2,7-11,15H2,1H3. The molecular formula is C14H20N2S2. The molecule has 0 saturated carbocycles. The third-order valence-corrected chi connectivity index (χ3v) is 5.39. The van der Waals surface area contributed by atoms with Gasteiger partial charge in [0.2, 0.25) is 0 Å². The van der Waals surface area contributed by atoms with E-state index < -0.39 is 0 Å². The van der Waals surface area contributed by atoms with E-state index in [4.69, 9.17) is 5.73 Å². The monoisotopic (exact) mass is 280 g/mol. The molecule has 1 fully saturated rings. The van der Waals surface area contributed by atoms with Gasteiger partial charge in [0, 0.05) is 35.5 Å². The minimum atomic E-state index is 0.439. The smallest absolute Gasteiger partial charge is 0.0772 e. The molecule has 0 spiro atoms. The van der Waals surface area contributed by atoms with Crippen molar-refractivity contribution in [1.82, 2.24) is 4.90 Å². The fourth-order valence-electron chi connectivity index (χ4n) is 2.06. The van der Waals surface area contributed by atoms with Crippen LogP contribution in [0.5, 0.6) is 0 Å². The van der Waals surface area contributed by atoms with Crippen LogP contribution < -0.4 is 5.73 Å². The minimum Gasteiger partial charge on any atom is -0.320 e. The Balaban J connectivity index is 1.90. The molecule has 4 heteroatoms. The third-order valence-electron chi connectivity index (χ3n) is 3.03. The zero-order valence-electron chi connectivity index (χ0n) is 10.8. The topological polar surface area (TPSA) is 29.3 Å². The van der Waals surface area contributed by atoms with Gasteiger partial charge in [-0.25, -0.2) is 0 Å². The summed E-state index contributed by atoms with van der Waals surface area (Å²) in [5.41, 5.74) is 5.38. The van der Waals surface area contributed by atoms with E-state index in [1.165, 1.54) is 30.1 Å². The average Bonchev–Trinajstić information content (AvgIpc) is 2.84. The van der Waals surface area contributed by atoms with Gasteiger partial charge in [0.15, 0.2) is 0 Å². The highest BCUT2D eigenvalue weighted by atomic mass is 32.2. The zero-order chi connectivity index (χ0) is 12.8. The van der Waals surface area contributed by atoms with Gasteiger partial charge >= 0.3 is 0 Å². The van der Waals surface area contributed by atoms with Crippen LogP contribution in [0.3, 0.4) is 0 Å². The Morgan fingerprint density at radius 1 is 1.50 bits per heavy atom. The molecule has 2 N–H and O–H groups in total. The van der Waals surface area contributed by atoms with Crippen molar-refractivity contribution in [2.45, 2.75) is 25.1 Å². The van der Waals surface area contributed by atoms with Crippen LogP contribution in [0.4, 0.5) is 0 Å². The maximum absolute atomic E-state index is 5.38. The molecule has 98 valence electrons. The van der Waals surface area contributed by atoms with E-state index in [0.717, 1.165) is 16.7 Å². The average molecular weight is 280 g/mol. The van der Waals surface area contributed by atoms with Crippen molar-refractivity contribution in [2.24, 2.45) is 5.73 Å². The van der Waals surface area contributed by atoms with Gasteiger partial charge in [0.05, 0.1) is 11.4 Å². The Labute approximate surface area is 118 Å². The lowest BCUT2D eigenvalue weighted by Gasteiger charge is -2.31. The van der Waals surface area contributed by atoms with Crippen molar-refractivity contribution in [3.05, 3.63) is 21.9 Å². The van der Waals surface area contributed by atoms with Crippen molar-refractivity contribution in [3.63, 3.8) is 0 Å². The Kier molecular flexibility index (Phi) is 5.58. The normalized spacial score (nSPS) is 20.4. The van der Waals surface area contributed by atoms with E-state index in [1.807, 2.05) is 0 Å². The molecule has 1 aliphatic rings.